The van der Waals surface area contributed by atoms with Crippen LogP contribution in [0.4, 0.5) is 18.9 Å². The molecule has 25 heavy (non-hydrogen) atoms. The number of hydrogen-bond donors (Lipinski definition) is 0. The maximum absolute atomic E-state index is 13.0. The van der Waals surface area contributed by atoms with E-state index in [0.717, 1.165) is 12.1 Å². The molecule has 2 atom stereocenters. The zero-order valence-electron chi connectivity index (χ0n) is 13.3. The summed E-state index contributed by atoms with van der Waals surface area (Å²) in [5.74, 6) is -0.369. The molecule has 2 aromatic rings. The molecule has 2 unspecified atom stereocenters. The van der Waals surface area contributed by atoms with Gasteiger partial charge in [0.05, 0.1) is 5.56 Å². The Labute approximate surface area is 148 Å². The van der Waals surface area contributed by atoms with Crippen LogP contribution in [-0.2, 0) is 15.7 Å². The van der Waals surface area contributed by atoms with Crippen LogP contribution in [0.5, 0.6) is 0 Å². The van der Waals surface area contributed by atoms with Crippen molar-refractivity contribution in [2.24, 2.45) is 0 Å². The number of benzene rings is 2. The molecule has 0 spiro atoms. The van der Waals surface area contributed by atoms with Crippen molar-refractivity contribution in [3.8, 4) is 0 Å². The molecule has 0 N–H and O–H groups in total. The highest BCUT2D eigenvalue weighted by molar-refractivity contribution is 6.30. The number of alkyl halides is 3. The Morgan fingerprint density at radius 3 is 2.52 bits per heavy atom. The van der Waals surface area contributed by atoms with Crippen molar-refractivity contribution < 1.29 is 22.7 Å². The lowest BCUT2D eigenvalue weighted by Gasteiger charge is -2.24. The largest absolute Gasteiger partial charge is 0.416 e. The Morgan fingerprint density at radius 1 is 1.16 bits per heavy atom. The molecular weight excluding hydrogens is 355 g/mol. The Balaban J connectivity index is 2.06. The van der Waals surface area contributed by atoms with Gasteiger partial charge >= 0.3 is 6.18 Å². The molecule has 7 heteroatoms. The predicted molar refractivity (Wildman–Crippen MR) is 88.3 cm³/mol. The molecule has 1 aliphatic heterocycles. The summed E-state index contributed by atoms with van der Waals surface area (Å²) < 4.78 is 44.8. The van der Waals surface area contributed by atoms with E-state index in [1.165, 1.54) is 17.0 Å². The van der Waals surface area contributed by atoms with Gasteiger partial charge in [0, 0.05) is 16.3 Å². The molecular formula is C18H15ClF3NO2. The lowest BCUT2D eigenvalue weighted by atomic mass is 10.1. The van der Waals surface area contributed by atoms with Gasteiger partial charge in [-0.15, -0.1) is 0 Å². The number of halogens is 4. The van der Waals surface area contributed by atoms with E-state index in [-0.39, 0.29) is 11.6 Å². The lowest BCUT2D eigenvalue weighted by molar-refractivity contribution is -0.137. The van der Waals surface area contributed by atoms with E-state index in [2.05, 4.69) is 0 Å². The summed E-state index contributed by atoms with van der Waals surface area (Å²) in [7, 11) is 0. The second kappa shape index (κ2) is 6.69. The van der Waals surface area contributed by atoms with E-state index in [4.69, 9.17) is 16.3 Å². The van der Waals surface area contributed by atoms with Gasteiger partial charge in [0.25, 0.3) is 5.91 Å². The van der Waals surface area contributed by atoms with Crippen LogP contribution in [0.3, 0.4) is 0 Å². The Hall–Kier alpha value is -2.05. The number of carbonyl (C=O) groups excluding carboxylic acids is 1. The molecule has 0 bridgehead atoms. The van der Waals surface area contributed by atoms with Crippen molar-refractivity contribution in [1.82, 2.24) is 0 Å². The molecule has 132 valence electrons. The molecule has 0 saturated carbocycles. The van der Waals surface area contributed by atoms with Gasteiger partial charge in [0.1, 0.15) is 6.10 Å². The number of hydrogen-bond acceptors (Lipinski definition) is 2. The summed E-state index contributed by atoms with van der Waals surface area (Å²) in [5, 5.41) is 0.456. The van der Waals surface area contributed by atoms with Crippen molar-refractivity contribution in [1.29, 1.82) is 0 Å². The van der Waals surface area contributed by atoms with Crippen molar-refractivity contribution in [3.05, 3.63) is 64.7 Å². The Bertz CT molecular complexity index is 794. The second-order valence-electron chi connectivity index (χ2n) is 5.70. The Morgan fingerprint density at radius 2 is 1.88 bits per heavy atom. The Kier molecular flexibility index (Phi) is 4.75. The fourth-order valence-electron chi connectivity index (χ4n) is 2.80. The van der Waals surface area contributed by atoms with Crippen LogP contribution < -0.4 is 4.90 Å². The normalized spacial score (nSPS) is 21.0. The minimum absolute atomic E-state index is 0.140. The maximum Gasteiger partial charge on any atom is 0.416 e. The molecule has 2 aromatic carbocycles. The minimum Gasteiger partial charge on any atom is -0.341 e. The monoisotopic (exact) mass is 369 g/mol. The van der Waals surface area contributed by atoms with E-state index >= 15 is 0 Å². The lowest BCUT2D eigenvalue weighted by Crippen LogP contribution is -2.31. The highest BCUT2D eigenvalue weighted by Gasteiger charge is 2.42. The summed E-state index contributed by atoms with van der Waals surface area (Å²) >= 11 is 6.00. The molecule has 1 fully saturated rings. The van der Waals surface area contributed by atoms with Crippen LogP contribution in [0.2, 0.25) is 5.02 Å². The fraction of sp³-hybridized carbons (Fsp3) is 0.278. The van der Waals surface area contributed by atoms with Crippen molar-refractivity contribution in [3.63, 3.8) is 0 Å². The van der Waals surface area contributed by atoms with E-state index in [1.54, 1.807) is 31.2 Å². The summed E-state index contributed by atoms with van der Waals surface area (Å²) in [6.07, 6.45) is -5.60. The highest BCUT2D eigenvalue weighted by Crippen LogP contribution is 2.39. The predicted octanol–water partition coefficient (Wildman–Crippen LogP) is 5.20. The van der Waals surface area contributed by atoms with Gasteiger partial charge in [0.15, 0.2) is 6.23 Å². The standard InChI is InChI=1S/C18H15ClF3NO2/c1-2-15-16(24)23(14-8-4-6-12(10-14)18(20,21)22)17(25-15)11-5-3-7-13(19)9-11/h3-10,15,17H,2H2,1H3. The maximum atomic E-state index is 13.0. The van der Waals surface area contributed by atoms with Crippen molar-refractivity contribution in [2.75, 3.05) is 4.90 Å². The van der Waals surface area contributed by atoms with Gasteiger partial charge in [-0.1, -0.05) is 36.7 Å². The topological polar surface area (TPSA) is 29.5 Å². The van der Waals surface area contributed by atoms with Crippen LogP contribution in [-0.4, -0.2) is 12.0 Å². The average molecular weight is 370 g/mol. The molecule has 0 aliphatic carbocycles. The van der Waals surface area contributed by atoms with Crippen molar-refractivity contribution in [2.45, 2.75) is 31.9 Å². The van der Waals surface area contributed by atoms with Crippen LogP contribution in [0, 0.1) is 0 Å². The number of carbonyl (C=O) groups is 1. The molecule has 0 aromatic heterocycles. The first kappa shape index (κ1) is 17.8. The van der Waals surface area contributed by atoms with Crippen LogP contribution in [0.15, 0.2) is 48.5 Å². The van der Waals surface area contributed by atoms with Crippen LogP contribution >= 0.6 is 11.6 Å². The van der Waals surface area contributed by atoms with E-state index in [0.29, 0.717) is 17.0 Å². The quantitative estimate of drug-likeness (QED) is 0.744. The van der Waals surface area contributed by atoms with Gasteiger partial charge in [-0.05, 0) is 36.8 Å². The first-order chi connectivity index (χ1) is 11.8. The van der Waals surface area contributed by atoms with Gasteiger partial charge < -0.3 is 4.74 Å². The first-order valence-electron chi connectivity index (χ1n) is 7.72. The van der Waals surface area contributed by atoms with E-state index in [9.17, 15) is 18.0 Å². The third kappa shape index (κ3) is 3.50. The summed E-state index contributed by atoms with van der Waals surface area (Å²) in [6, 6.07) is 11.4. The average Bonchev–Trinajstić information content (AvgIpc) is 2.91. The third-order valence-electron chi connectivity index (χ3n) is 4.00. The summed E-state index contributed by atoms with van der Waals surface area (Å²) in [4.78, 5) is 13.9. The zero-order chi connectivity index (χ0) is 18.2. The van der Waals surface area contributed by atoms with Gasteiger partial charge in [0.2, 0.25) is 0 Å². The molecule has 0 radical (unpaired) electrons. The molecule has 1 heterocycles. The SMILES string of the molecule is CCC1OC(c2cccc(Cl)c2)N(c2cccc(C(F)(F)F)c2)C1=O. The minimum atomic E-state index is -4.49. The molecule has 3 rings (SSSR count). The smallest absolute Gasteiger partial charge is 0.341 e. The van der Waals surface area contributed by atoms with E-state index in [1.807, 2.05) is 0 Å². The summed E-state index contributed by atoms with van der Waals surface area (Å²) in [5.41, 5.74) is -0.0717. The van der Waals surface area contributed by atoms with Gasteiger partial charge in [-0.3, -0.25) is 9.69 Å². The molecule has 3 nitrogen and oxygen atoms in total. The summed E-state index contributed by atoms with van der Waals surface area (Å²) in [6.45, 7) is 1.78. The van der Waals surface area contributed by atoms with E-state index < -0.39 is 24.1 Å². The number of rotatable bonds is 3. The molecule has 1 aliphatic rings. The van der Waals surface area contributed by atoms with Crippen LogP contribution in [0.1, 0.15) is 30.7 Å². The highest BCUT2D eigenvalue weighted by atomic mass is 35.5. The zero-order valence-corrected chi connectivity index (χ0v) is 14.0. The van der Waals surface area contributed by atoms with Gasteiger partial charge in [-0.25, -0.2) is 0 Å². The molecule has 1 saturated heterocycles. The third-order valence-corrected chi connectivity index (χ3v) is 4.23. The number of amides is 1. The van der Waals surface area contributed by atoms with Crippen LogP contribution in [0.25, 0.3) is 0 Å². The first-order valence-corrected chi connectivity index (χ1v) is 8.10. The number of anilines is 1. The number of nitrogens with zero attached hydrogens (tertiary/aromatic N) is 1. The fourth-order valence-corrected chi connectivity index (χ4v) is 3.00. The molecule has 1 amide bonds. The van der Waals surface area contributed by atoms with Gasteiger partial charge in [-0.2, -0.15) is 13.2 Å². The van der Waals surface area contributed by atoms with Crippen molar-refractivity contribution >= 4 is 23.2 Å². The second-order valence-corrected chi connectivity index (χ2v) is 6.13. The number of ether oxygens (including phenoxy) is 1.